The third kappa shape index (κ3) is 4.42. The molecule has 0 aliphatic rings. The number of fused-ring (bicyclic) bond motifs is 4. The Kier molecular flexibility index (Phi) is 6.36. The lowest BCUT2D eigenvalue weighted by molar-refractivity contribution is -0.136. The highest BCUT2D eigenvalue weighted by molar-refractivity contribution is 5.98. The van der Waals surface area contributed by atoms with E-state index in [4.69, 9.17) is 0 Å². The molecular formula is C29H20F6N6O4. The van der Waals surface area contributed by atoms with Gasteiger partial charge in [0.2, 0.25) is 0 Å². The van der Waals surface area contributed by atoms with Gasteiger partial charge >= 0.3 is 23.7 Å². The van der Waals surface area contributed by atoms with E-state index < -0.39 is 78.8 Å². The molecule has 6 aromatic rings. The highest BCUT2D eigenvalue weighted by atomic mass is 19.4. The summed E-state index contributed by atoms with van der Waals surface area (Å²) in [5.74, 6) is 0. The van der Waals surface area contributed by atoms with Crippen LogP contribution in [0.1, 0.15) is 22.3 Å². The predicted molar refractivity (Wildman–Crippen MR) is 152 cm³/mol. The summed E-state index contributed by atoms with van der Waals surface area (Å²) in [6.45, 7) is 0. The van der Waals surface area contributed by atoms with Crippen molar-refractivity contribution < 1.29 is 26.3 Å². The topological polar surface area (TPSA) is 114 Å². The Labute approximate surface area is 246 Å². The summed E-state index contributed by atoms with van der Waals surface area (Å²) < 4.78 is 89.8. The molecule has 0 saturated heterocycles. The van der Waals surface area contributed by atoms with Crippen LogP contribution in [0.3, 0.4) is 0 Å². The van der Waals surface area contributed by atoms with Crippen molar-refractivity contribution in [3.05, 3.63) is 100 Å². The first-order chi connectivity index (χ1) is 20.9. The molecule has 4 heterocycles. The normalized spacial score (nSPS) is 12.7. The number of benzene rings is 2. The molecule has 6 rings (SSSR count). The average Bonchev–Trinajstić information content (AvgIpc) is 2.97. The molecule has 0 atom stereocenters. The van der Waals surface area contributed by atoms with Gasteiger partial charge in [-0.05, 0) is 41.8 Å². The van der Waals surface area contributed by atoms with Gasteiger partial charge in [-0.25, -0.2) is 19.6 Å². The molecule has 0 fully saturated rings. The zero-order valence-electron chi connectivity index (χ0n) is 23.8. The lowest BCUT2D eigenvalue weighted by atomic mass is 9.96. The van der Waals surface area contributed by atoms with Gasteiger partial charge in [0.1, 0.15) is 0 Å². The maximum atomic E-state index is 14.5. The van der Waals surface area contributed by atoms with Crippen molar-refractivity contribution in [3.63, 3.8) is 0 Å². The van der Waals surface area contributed by atoms with E-state index in [1.165, 1.54) is 38.4 Å². The fourth-order valence-electron chi connectivity index (χ4n) is 5.67. The largest absolute Gasteiger partial charge is 0.417 e. The molecule has 0 aliphatic heterocycles. The molecule has 4 aromatic heterocycles. The summed E-state index contributed by atoms with van der Waals surface area (Å²) in [5, 5.41) is -2.47. The van der Waals surface area contributed by atoms with Crippen LogP contribution in [-0.4, -0.2) is 28.2 Å². The van der Waals surface area contributed by atoms with Gasteiger partial charge in [0.05, 0.1) is 32.9 Å². The number of pyridine rings is 2. The summed E-state index contributed by atoms with van der Waals surface area (Å²) >= 11 is 0. The molecule has 0 N–H and O–H groups in total. The molecule has 16 heteroatoms. The van der Waals surface area contributed by atoms with Crippen LogP contribution >= 0.6 is 0 Å². The van der Waals surface area contributed by atoms with Gasteiger partial charge in [0.25, 0.3) is 11.1 Å². The van der Waals surface area contributed by atoms with Gasteiger partial charge < -0.3 is 0 Å². The van der Waals surface area contributed by atoms with E-state index in [1.807, 2.05) is 0 Å². The molecule has 0 aliphatic carbocycles. The predicted octanol–water partition coefficient (Wildman–Crippen LogP) is 3.51. The van der Waals surface area contributed by atoms with Crippen molar-refractivity contribution in [2.75, 3.05) is 0 Å². The van der Waals surface area contributed by atoms with E-state index in [2.05, 4.69) is 9.97 Å². The molecule has 10 nitrogen and oxygen atoms in total. The van der Waals surface area contributed by atoms with Crippen LogP contribution in [0.25, 0.3) is 43.9 Å². The summed E-state index contributed by atoms with van der Waals surface area (Å²) in [4.78, 5) is 58.8. The number of hydrogen-bond donors (Lipinski definition) is 0. The van der Waals surface area contributed by atoms with E-state index in [0.29, 0.717) is 9.13 Å². The Morgan fingerprint density at radius 3 is 1.27 bits per heavy atom. The molecule has 232 valence electrons. The van der Waals surface area contributed by atoms with E-state index in [0.717, 1.165) is 35.4 Å². The van der Waals surface area contributed by atoms with Gasteiger partial charge in [-0.15, -0.1) is 0 Å². The zero-order valence-corrected chi connectivity index (χ0v) is 23.8. The number of hydrogen-bond acceptors (Lipinski definition) is 6. The Morgan fingerprint density at radius 2 is 0.933 bits per heavy atom. The number of halogens is 6. The fourth-order valence-corrected chi connectivity index (χ4v) is 5.67. The molecular weight excluding hydrogens is 610 g/mol. The summed E-state index contributed by atoms with van der Waals surface area (Å²) in [6, 6.07) is 7.69. The molecule has 0 bridgehead atoms. The second kappa shape index (κ2) is 9.61. The van der Waals surface area contributed by atoms with Crippen LogP contribution in [0.2, 0.25) is 0 Å². The minimum absolute atomic E-state index is 0.146. The molecule has 45 heavy (non-hydrogen) atoms. The summed E-state index contributed by atoms with van der Waals surface area (Å²) in [5.41, 5.74) is -7.40. The fraction of sp³-hybridized carbons (Fsp3) is 0.241. The minimum atomic E-state index is -5.04. The van der Waals surface area contributed by atoms with E-state index in [-0.39, 0.29) is 28.6 Å². The summed E-state index contributed by atoms with van der Waals surface area (Å²) in [7, 11) is 4.49. The molecule has 0 saturated carbocycles. The van der Waals surface area contributed by atoms with Crippen molar-refractivity contribution in [1.29, 1.82) is 0 Å². The zero-order chi connectivity index (χ0) is 32.9. The number of aromatic nitrogens is 6. The second-order valence-corrected chi connectivity index (χ2v) is 10.7. The van der Waals surface area contributed by atoms with Crippen molar-refractivity contribution >= 4 is 43.9 Å². The second-order valence-electron chi connectivity index (χ2n) is 10.7. The first-order valence-electron chi connectivity index (χ1n) is 13.1. The standard InChI is InChI=1S/C29H20F6N6O4/c1-38-22-18(24(42)40(3)26(38)44)20(28(30,31)32)14-10-12(5-7-16(14)36-22)9-13-6-8-17-15(11-13)21(29(33,34)35)19-23(37-17)39(2)27(45)41(4)25(19)43/h5-8,10-11H,9H2,1-4H3. The van der Waals surface area contributed by atoms with E-state index >= 15 is 0 Å². The Bertz CT molecular complexity index is 2350. The SMILES string of the molecule is Cn1c(=O)c2c(C(F)(F)F)c3cc(Cc4ccc5nc6c(c(C(F)(F)F)c5c4)c(=O)n(C)c(=O)n6C)ccc3nc2n(C)c1=O. The van der Waals surface area contributed by atoms with E-state index in [9.17, 15) is 45.5 Å². The van der Waals surface area contributed by atoms with Gasteiger partial charge in [-0.3, -0.25) is 27.9 Å². The van der Waals surface area contributed by atoms with Crippen molar-refractivity contribution in [3.8, 4) is 0 Å². The van der Waals surface area contributed by atoms with Crippen LogP contribution < -0.4 is 22.5 Å². The summed E-state index contributed by atoms with van der Waals surface area (Å²) in [6.07, 6.45) is -10.2. The number of nitrogens with zero attached hydrogens (tertiary/aromatic N) is 6. The quantitative estimate of drug-likeness (QED) is 0.214. The highest BCUT2D eigenvalue weighted by Gasteiger charge is 2.39. The number of rotatable bonds is 2. The van der Waals surface area contributed by atoms with Crippen LogP contribution in [0.4, 0.5) is 26.3 Å². The molecule has 0 amide bonds. The first kappa shape index (κ1) is 29.8. The van der Waals surface area contributed by atoms with Gasteiger partial charge in [-0.1, -0.05) is 12.1 Å². The maximum absolute atomic E-state index is 14.5. The van der Waals surface area contributed by atoms with Crippen LogP contribution in [-0.2, 0) is 47.0 Å². The van der Waals surface area contributed by atoms with E-state index in [1.54, 1.807) is 0 Å². The molecule has 0 spiro atoms. The van der Waals surface area contributed by atoms with Crippen LogP contribution in [0, 0.1) is 0 Å². The average molecular weight is 631 g/mol. The van der Waals surface area contributed by atoms with Crippen molar-refractivity contribution in [1.82, 2.24) is 28.2 Å². The molecule has 0 radical (unpaired) electrons. The first-order valence-corrected chi connectivity index (χ1v) is 13.1. The van der Waals surface area contributed by atoms with Gasteiger partial charge in [0, 0.05) is 39.0 Å². The van der Waals surface area contributed by atoms with Crippen LogP contribution in [0.15, 0.2) is 55.6 Å². The lowest BCUT2D eigenvalue weighted by Crippen LogP contribution is -2.38. The van der Waals surface area contributed by atoms with Gasteiger partial charge in [-0.2, -0.15) is 26.3 Å². The van der Waals surface area contributed by atoms with Crippen molar-refractivity contribution in [2.24, 2.45) is 28.2 Å². The molecule has 2 aromatic carbocycles. The maximum Gasteiger partial charge on any atom is 0.417 e. The highest BCUT2D eigenvalue weighted by Crippen LogP contribution is 2.40. The Morgan fingerprint density at radius 1 is 0.578 bits per heavy atom. The third-order valence-corrected chi connectivity index (χ3v) is 7.86. The number of aryl methyl sites for hydroxylation is 2. The smallest absolute Gasteiger partial charge is 0.280 e. The monoisotopic (exact) mass is 630 g/mol. The minimum Gasteiger partial charge on any atom is -0.280 e. The van der Waals surface area contributed by atoms with Crippen molar-refractivity contribution in [2.45, 2.75) is 18.8 Å². The number of alkyl halides is 6. The Hall–Kier alpha value is -5.28. The van der Waals surface area contributed by atoms with Crippen LogP contribution in [0.5, 0.6) is 0 Å². The molecule has 0 unspecified atom stereocenters. The Balaban J connectivity index is 1.60. The lowest BCUT2D eigenvalue weighted by Gasteiger charge is -2.17. The van der Waals surface area contributed by atoms with Gasteiger partial charge in [0.15, 0.2) is 11.3 Å². The third-order valence-electron chi connectivity index (χ3n) is 7.86.